The zero-order valence-electron chi connectivity index (χ0n) is 18.7. The molecule has 0 saturated carbocycles. The van der Waals surface area contributed by atoms with Crippen molar-refractivity contribution >= 4 is 34.0 Å². The summed E-state index contributed by atoms with van der Waals surface area (Å²) in [5, 5.41) is 15.9. The largest absolute Gasteiger partial charge is 0.508 e. The zero-order valence-corrected chi connectivity index (χ0v) is 19.5. The topological polar surface area (TPSA) is 89.0 Å². The number of piperazine rings is 1. The van der Waals surface area contributed by atoms with Crippen LogP contribution in [0.15, 0.2) is 29.8 Å². The molecule has 0 spiro atoms. The maximum Gasteiger partial charge on any atom is 0.236 e. The van der Waals surface area contributed by atoms with E-state index < -0.39 is 0 Å². The van der Waals surface area contributed by atoms with E-state index in [-0.39, 0.29) is 29.4 Å². The Bertz CT molecular complexity index is 941. The van der Waals surface area contributed by atoms with Gasteiger partial charge in [0.25, 0.3) is 0 Å². The van der Waals surface area contributed by atoms with E-state index in [9.17, 15) is 14.7 Å². The van der Waals surface area contributed by atoms with E-state index in [1.165, 1.54) is 0 Å². The summed E-state index contributed by atoms with van der Waals surface area (Å²) in [5.74, 6) is 0.377. The van der Waals surface area contributed by atoms with Crippen LogP contribution in [0.4, 0.5) is 10.8 Å². The molecule has 0 radical (unpaired) electrons. The van der Waals surface area contributed by atoms with E-state index in [1.54, 1.807) is 23.5 Å². The number of rotatable bonds is 6. The Labute approximate surface area is 192 Å². The number of likely N-dealkylation sites (tertiary alicyclic amines) is 1. The van der Waals surface area contributed by atoms with E-state index >= 15 is 0 Å². The van der Waals surface area contributed by atoms with Gasteiger partial charge in [-0.05, 0) is 42.6 Å². The fourth-order valence-corrected chi connectivity index (χ4v) is 5.04. The number of amides is 2. The lowest BCUT2D eigenvalue weighted by Crippen LogP contribution is -2.51. The van der Waals surface area contributed by atoms with Crippen LogP contribution in [0.3, 0.4) is 0 Å². The van der Waals surface area contributed by atoms with Gasteiger partial charge in [-0.25, -0.2) is 4.98 Å². The summed E-state index contributed by atoms with van der Waals surface area (Å²) >= 11 is 1.62. The average molecular weight is 458 g/mol. The first kappa shape index (κ1) is 22.5. The van der Waals surface area contributed by atoms with Crippen LogP contribution in [0.25, 0.3) is 0 Å². The second-order valence-corrected chi connectivity index (χ2v) is 9.69. The van der Waals surface area contributed by atoms with Crippen LogP contribution in [0, 0.1) is 5.92 Å². The first-order valence-electron chi connectivity index (χ1n) is 11.2. The molecular formula is C23H31N5O3S. The lowest BCUT2D eigenvalue weighted by atomic mass is 10.0. The third-order valence-corrected chi connectivity index (χ3v) is 7.07. The van der Waals surface area contributed by atoms with Crippen molar-refractivity contribution in [3.63, 3.8) is 0 Å². The predicted octanol–water partition coefficient (Wildman–Crippen LogP) is 2.58. The summed E-state index contributed by atoms with van der Waals surface area (Å²) in [6.07, 6.45) is 2.55. The number of nitrogens with one attached hydrogen (secondary N) is 1. The number of anilines is 2. The summed E-state index contributed by atoms with van der Waals surface area (Å²) in [7, 11) is 0. The minimum absolute atomic E-state index is 0.0302. The van der Waals surface area contributed by atoms with Crippen LogP contribution >= 0.6 is 11.3 Å². The van der Waals surface area contributed by atoms with Crippen LogP contribution in [-0.4, -0.2) is 77.5 Å². The van der Waals surface area contributed by atoms with Crippen molar-refractivity contribution in [2.45, 2.75) is 26.2 Å². The van der Waals surface area contributed by atoms with E-state index in [4.69, 9.17) is 0 Å². The zero-order chi connectivity index (χ0) is 22.7. The third kappa shape index (κ3) is 5.21. The SMILES string of the molecule is CC(C)c1cc(NC(=O)[C@@H]2CCN(CC(=O)N3CCN(c4nccs4)CC3)C2)ccc1O. The molecule has 2 aliphatic heterocycles. The van der Waals surface area contributed by atoms with Gasteiger partial charge in [0.15, 0.2) is 5.13 Å². The quantitative estimate of drug-likeness (QED) is 0.648. The fraction of sp³-hybridized carbons (Fsp3) is 0.522. The molecule has 1 aromatic heterocycles. The van der Waals surface area contributed by atoms with Crippen molar-refractivity contribution in [2.24, 2.45) is 5.92 Å². The molecule has 2 amide bonds. The Kier molecular flexibility index (Phi) is 6.95. The van der Waals surface area contributed by atoms with Gasteiger partial charge in [0.1, 0.15) is 5.75 Å². The van der Waals surface area contributed by atoms with Crippen molar-refractivity contribution < 1.29 is 14.7 Å². The Hall–Kier alpha value is -2.65. The molecule has 0 aliphatic carbocycles. The standard InChI is InChI=1S/C23H31N5O3S/c1-16(2)19-13-18(3-4-20(19)29)25-22(31)17-5-7-26(14-17)15-21(30)27-8-10-28(11-9-27)23-24-6-12-32-23/h3-4,6,12-13,16-17,29H,5,7-11,14-15H2,1-2H3,(H,25,31)/t17-/m1/s1. The van der Waals surface area contributed by atoms with Crippen molar-refractivity contribution in [1.29, 1.82) is 0 Å². The summed E-state index contributed by atoms with van der Waals surface area (Å²) in [6.45, 7) is 8.71. The number of aromatic hydroxyl groups is 1. The Balaban J connectivity index is 1.24. The highest BCUT2D eigenvalue weighted by molar-refractivity contribution is 7.13. The van der Waals surface area contributed by atoms with Crippen molar-refractivity contribution in [3.8, 4) is 5.75 Å². The predicted molar refractivity (Wildman–Crippen MR) is 126 cm³/mol. The lowest BCUT2D eigenvalue weighted by Gasteiger charge is -2.35. The summed E-state index contributed by atoms with van der Waals surface area (Å²) in [4.78, 5) is 36.1. The number of thiazole rings is 1. The average Bonchev–Trinajstić information content (AvgIpc) is 3.47. The van der Waals surface area contributed by atoms with Gasteiger partial charge in [-0.2, -0.15) is 0 Å². The first-order valence-corrected chi connectivity index (χ1v) is 12.1. The van der Waals surface area contributed by atoms with Crippen LogP contribution in [0.1, 0.15) is 31.7 Å². The van der Waals surface area contributed by atoms with Gasteiger partial charge in [-0.3, -0.25) is 14.5 Å². The number of nitrogens with zero attached hydrogens (tertiary/aromatic N) is 4. The van der Waals surface area contributed by atoms with E-state index in [0.29, 0.717) is 31.9 Å². The van der Waals surface area contributed by atoms with Crippen molar-refractivity contribution in [2.75, 3.05) is 56.0 Å². The van der Waals surface area contributed by atoms with Crippen molar-refractivity contribution in [3.05, 3.63) is 35.3 Å². The molecule has 3 heterocycles. The fourth-order valence-electron chi connectivity index (χ4n) is 4.34. The van der Waals surface area contributed by atoms with E-state index in [0.717, 1.165) is 36.8 Å². The molecule has 8 nitrogen and oxygen atoms in total. The minimum Gasteiger partial charge on any atom is -0.508 e. The Morgan fingerprint density at radius 3 is 2.69 bits per heavy atom. The highest BCUT2D eigenvalue weighted by Crippen LogP contribution is 2.29. The molecule has 2 aromatic rings. The van der Waals surface area contributed by atoms with Crippen molar-refractivity contribution in [1.82, 2.24) is 14.8 Å². The van der Waals surface area contributed by atoms with Gasteiger partial charge in [-0.1, -0.05) is 13.8 Å². The molecule has 1 aromatic carbocycles. The molecule has 4 rings (SSSR count). The van der Waals surface area contributed by atoms with E-state index in [2.05, 4.69) is 20.1 Å². The first-order chi connectivity index (χ1) is 15.4. The lowest BCUT2D eigenvalue weighted by molar-refractivity contribution is -0.132. The smallest absolute Gasteiger partial charge is 0.236 e. The molecule has 172 valence electrons. The Morgan fingerprint density at radius 1 is 1.22 bits per heavy atom. The molecule has 2 aliphatic rings. The van der Waals surface area contributed by atoms with Crippen LogP contribution in [0.5, 0.6) is 5.75 Å². The monoisotopic (exact) mass is 457 g/mol. The van der Waals surface area contributed by atoms with E-state index in [1.807, 2.05) is 36.4 Å². The van der Waals surface area contributed by atoms with Gasteiger partial charge in [0, 0.05) is 50.0 Å². The summed E-state index contributed by atoms with van der Waals surface area (Å²) in [6, 6.07) is 5.18. The highest BCUT2D eigenvalue weighted by Gasteiger charge is 2.31. The molecule has 32 heavy (non-hydrogen) atoms. The third-order valence-electron chi connectivity index (χ3n) is 6.24. The molecular weight excluding hydrogens is 426 g/mol. The summed E-state index contributed by atoms with van der Waals surface area (Å²) < 4.78 is 0. The number of hydrogen-bond acceptors (Lipinski definition) is 7. The van der Waals surface area contributed by atoms with Gasteiger partial charge in [0.05, 0.1) is 12.5 Å². The second kappa shape index (κ2) is 9.87. The van der Waals surface area contributed by atoms with Gasteiger partial charge >= 0.3 is 0 Å². The Morgan fingerprint density at radius 2 is 2.00 bits per heavy atom. The number of hydrogen-bond donors (Lipinski definition) is 2. The number of aromatic nitrogens is 1. The number of phenolic OH excluding ortho intramolecular Hbond substituents is 1. The molecule has 2 fully saturated rings. The molecule has 2 saturated heterocycles. The molecule has 1 atom stereocenters. The van der Waals surface area contributed by atoms with Gasteiger partial charge < -0.3 is 20.2 Å². The second-order valence-electron chi connectivity index (χ2n) is 8.82. The maximum absolute atomic E-state index is 12.8. The molecule has 2 N–H and O–H groups in total. The van der Waals surface area contributed by atoms with Gasteiger partial charge in [-0.15, -0.1) is 11.3 Å². The number of carbonyl (C=O) groups excluding carboxylic acids is 2. The summed E-state index contributed by atoms with van der Waals surface area (Å²) in [5.41, 5.74) is 1.51. The number of phenols is 1. The molecule has 9 heteroatoms. The van der Waals surface area contributed by atoms with Crippen LogP contribution in [0.2, 0.25) is 0 Å². The van der Waals surface area contributed by atoms with Crippen LogP contribution in [-0.2, 0) is 9.59 Å². The maximum atomic E-state index is 12.8. The van der Waals surface area contributed by atoms with Crippen LogP contribution < -0.4 is 10.2 Å². The number of benzene rings is 1. The normalized spacial score (nSPS) is 19.5. The number of carbonyl (C=O) groups is 2. The molecule has 0 unspecified atom stereocenters. The minimum atomic E-state index is -0.138. The highest BCUT2D eigenvalue weighted by atomic mass is 32.1. The molecule has 0 bridgehead atoms. The van der Waals surface area contributed by atoms with Gasteiger partial charge in [0.2, 0.25) is 11.8 Å².